The largest absolute Gasteiger partial charge is 0.325 e. The quantitative estimate of drug-likeness (QED) is 0.441. The fourth-order valence-electron chi connectivity index (χ4n) is 3.17. The predicted octanol–water partition coefficient (Wildman–Crippen LogP) is 5.19. The zero-order chi connectivity index (χ0) is 20.9. The van der Waals surface area contributed by atoms with Gasteiger partial charge in [0.05, 0.1) is 5.75 Å². The van der Waals surface area contributed by atoms with Crippen molar-refractivity contribution in [3.8, 4) is 22.5 Å². The van der Waals surface area contributed by atoms with E-state index in [0.717, 1.165) is 28.2 Å². The van der Waals surface area contributed by atoms with Gasteiger partial charge in [0.15, 0.2) is 11.0 Å². The zero-order valence-electron chi connectivity index (χ0n) is 16.9. The number of hydrogen-bond donors (Lipinski definition) is 1. The molecule has 0 saturated heterocycles. The second-order valence-electron chi connectivity index (χ2n) is 6.98. The average molecular weight is 415 g/mol. The van der Waals surface area contributed by atoms with E-state index in [1.165, 1.54) is 17.3 Å². The number of rotatable bonds is 6. The SMILES string of the molecule is Cc1ccc(-c2nnc(SCC(=O)Nc3ccccc3-c3ccccc3)n2C)cc1. The first-order chi connectivity index (χ1) is 14.6. The Balaban J connectivity index is 1.44. The first-order valence-corrected chi connectivity index (χ1v) is 10.6. The molecule has 0 fully saturated rings. The van der Waals surface area contributed by atoms with E-state index in [4.69, 9.17) is 0 Å². The van der Waals surface area contributed by atoms with Crippen LogP contribution in [-0.4, -0.2) is 26.4 Å². The molecule has 0 bridgehead atoms. The Labute approximate surface area is 180 Å². The number of amides is 1. The van der Waals surface area contributed by atoms with Gasteiger partial charge in [0.1, 0.15) is 0 Å². The Hall–Kier alpha value is -3.38. The molecule has 0 spiro atoms. The van der Waals surface area contributed by atoms with E-state index in [1.807, 2.05) is 78.3 Å². The summed E-state index contributed by atoms with van der Waals surface area (Å²) in [5, 5.41) is 12.3. The van der Waals surface area contributed by atoms with Crippen LogP contribution in [0.5, 0.6) is 0 Å². The molecule has 3 aromatic carbocycles. The van der Waals surface area contributed by atoms with Crippen molar-refractivity contribution in [2.75, 3.05) is 11.1 Å². The van der Waals surface area contributed by atoms with Crippen LogP contribution in [0, 0.1) is 6.92 Å². The highest BCUT2D eigenvalue weighted by Crippen LogP contribution is 2.28. The van der Waals surface area contributed by atoms with Gasteiger partial charge in [0.25, 0.3) is 0 Å². The lowest BCUT2D eigenvalue weighted by atomic mass is 10.0. The molecule has 4 rings (SSSR count). The molecule has 1 N–H and O–H groups in total. The smallest absolute Gasteiger partial charge is 0.234 e. The molecule has 0 aliphatic rings. The Morgan fingerprint density at radius 3 is 2.37 bits per heavy atom. The molecule has 0 unspecified atom stereocenters. The normalized spacial score (nSPS) is 10.7. The van der Waals surface area contributed by atoms with Crippen LogP contribution in [-0.2, 0) is 11.8 Å². The highest BCUT2D eigenvalue weighted by Gasteiger charge is 2.14. The Bertz CT molecular complexity index is 1150. The van der Waals surface area contributed by atoms with Gasteiger partial charge in [0, 0.05) is 23.9 Å². The number of thioether (sulfide) groups is 1. The van der Waals surface area contributed by atoms with Crippen LogP contribution in [0.1, 0.15) is 5.56 Å². The number of para-hydroxylation sites is 1. The maximum atomic E-state index is 12.6. The standard InChI is InChI=1S/C24H22N4OS/c1-17-12-14-19(15-13-17)23-26-27-24(28(23)2)30-16-22(29)25-21-11-7-6-10-20(21)18-8-4-3-5-9-18/h3-15H,16H2,1-2H3,(H,25,29). The van der Waals surface area contributed by atoms with Gasteiger partial charge < -0.3 is 9.88 Å². The average Bonchev–Trinajstić information content (AvgIpc) is 3.14. The van der Waals surface area contributed by atoms with E-state index >= 15 is 0 Å². The summed E-state index contributed by atoms with van der Waals surface area (Å²) < 4.78 is 1.92. The van der Waals surface area contributed by atoms with Crippen LogP contribution < -0.4 is 5.32 Å². The third kappa shape index (κ3) is 4.44. The minimum Gasteiger partial charge on any atom is -0.325 e. The number of nitrogens with zero attached hydrogens (tertiary/aromatic N) is 3. The topological polar surface area (TPSA) is 59.8 Å². The van der Waals surface area contributed by atoms with Crippen LogP contribution in [0.3, 0.4) is 0 Å². The molecule has 0 atom stereocenters. The number of benzene rings is 3. The van der Waals surface area contributed by atoms with Crippen LogP contribution >= 0.6 is 11.8 Å². The van der Waals surface area contributed by atoms with Crippen molar-refractivity contribution in [2.24, 2.45) is 7.05 Å². The van der Waals surface area contributed by atoms with Gasteiger partial charge in [0.2, 0.25) is 5.91 Å². The Kier molecular flexibility index (Phi) is 5.95. The van der Waals surface area contributed by atoms with Gasteiger partial charge in [-0.15, -0.1) is 10.2 Å². The highest BCUT2D eigenvalue weighted by molar-refractivity contribution is 7.99. The Morgan fingerprint density at radius 1 is 0.900 bits per heavy atom. The van der Waals surface area contributed by atoms with E-state index in [2.05, 4.69) is 34.6 Å². The van der Waals surface area contributed by atoms with Crippen LogP contribution in [0.15, 0.2) is 84.0 Å². The second kappa shape index (κ2) is 8.97. The van der Waals surface area contributed by atoms with Crippen LogP contribution in [0.2, 0.25) is 0 Å². The van der Waals surface area contributed by atoms with Gasteiger partial charge in [-0.2, -0.15) is 0 Å². The minimum absolute atomic E-state index is 0.0803. The number of nitrogens with one attached hydrogen (secondary N) is 1. The lowest BCUT2D eigenvalue weighted by molar-refractivity contribution is -0.113. The van der Waals surface area contributed by atoms with Gasteiger partial charge >= 0.3 is 0 Å². The molecule has 1 heterocycles. The molecule has 150 valence electrons. The first kappa shape index (κ1) is 19.9. The van der Waals surface area contributed by atoms with Crippen molar-refractivity contribution in [2.45, 2.75) is 12.1 Å². The summed E-state index contributed by atoms with van der Waals surface area (Å²) in [4.78, 5) is 12.6. The van der Waals surface area contributed by atoms with Crippen molar-refractivity contribution < 1.29 is 4.79 Å². The van der Waals surface area contributed by atoms with Crippen LogP contribution in [0.25, 0.3) is 22.5 Å². The molecule has 0 saturated carbocycles. The molecule has 30 heavy (non-hydrogen) atoms. The Morgan fingerprint density at radius 2 is 1.60 bits per heavy atom. The maximum Gasteiger partial charge on any atom is 0.234 e. The van der Waals surface area contributed by atoms with Crippen molar-refractivity contribution in [1.29, 1.82) is 0 Å². The first-order valence-electron chi connectivity index (χ1n) is 9.65. The summed E-state index contributed by atoms with van der Waals surface area (Å²) in [5.41, 5.74) is 5.06. The molecule has 4 aromatic rings. The van der Waals surface area contributed by atoms with Crippen molar-refractivity contribution in [1.82, 2.24) is 14.8 Å². The molecule has 1 aromatic heterocycles. The highest BCUT2D eigenvalue weighted by atomic mass is 32.2. The number of carbonyl (C=O) groups is 1. The molecular formula is C24H22N4OS. The lowest BCUT2D eigenvalue weighted by Crippen LogP contribution is -2.15. The van der Waals surface area contributed by atoms with E-state index in [1.54, 1.807) is 0 Å². The van der Waals surface area contributed by atoms with Crippen molar-refractivity contribution in [3.05, 3.63) is 84.4 Å². The fourth-order valence-corrected chi connectivity index (χ4v) is 3.88. The number of hydrogen-bond acceptors (Lipinski definition) is 4. The summed E-state index contributed by atoms with van der Waals surface area (Å²) in [5.74, 6) is 0.957. The number of aryl methyl sites for hydroxylation is 1. The minimum atomic E-state index is -0.0803. The van der Waals surface area contributed by atoms with Gasteiger partial charge in [-0.1, -0.05) is 90.1 Å². The molecule has 5 nitrogen and oxygen atoms in total. The molecular weight excluding hydrogens is 392 g/mol. The van der Waals surface area contributed by atoms with Crippen molar-refractivity contribution in [3.63, 3.8) is 0 Å². The zero-order valence-corrected chi connectivity index (χ0v) is 17.7. The molecule has 1 amide bonds. The van der Waals surface area contributed by atoms with Crippen molar-refractivity contribution >= 4 is 23.4 Å². The summed E-state index contributed by atoms with van der Waals surface area (Å²) in [6.07, 6.45) is 0. The molecule has 0 aliphatic heterocycles. The summed E-state index contributed by atoms with van der Waals surface area (Å²) in [6.45, 7) is 2.05. The van der Waals surface area contributed by atoms with E-state index in [0.29, 0.717) is 5.16 Å². The fraction of sp³-hybridized carbons (Fsp3) is 0.125. The van der Waals surface area contributed by atoms with Gasteiger partial charge in [-0.3, -0.25) is 4.79 Å². The molecule has 0 radical (unpaired) electrons. The number of anilines is 1. The van der Waals surface area contributed by atoms with E-state index in [9.17, 15) is 4.79 Å². The third-order valence-electron chi connectivity index (χ3n) is 4.76. The summed E-state index contributed by atoms with van der Waals surface area (Å²) in [7, 11) is 1.92. The predicted molar refractivity (Wildman–Crippen MR) is 122 cm³/mol. The maximum absolute atomic E-state index is 12.6. The van der Waals surface area contributed by atoms with Gasteiger partial charge in [-0.05, 0) is 18.6 Å². The summed E-state index contributed by atoms with van der Waals surface area (Å²) >= 11 is 1.37. The van der Waals surface area contributed by atoms with E-state index < -0.39 is 0 Å². The second-order valence-corrected chi connectivity index (χ2v) is 7.92. The lowest BCUT2D eigenvalue weighted by Gasteiger charge is -2.11. The third-order valence-corrected chi connectivity index (χ3v) is 5.78. The number of aromatic nitrogens is 3. The van der Waals surface area contributed by atoms with Gasteiger partial charge in [-0.25, -0.2) is 0 Å². The summed E-state index contributed by atoms with van der Waals surface area (Å²) in [6, 6.07) is 26.0. The van der Waals surface area contributed by atoms with Crippen LogP contribution in [0.4, 0.5) is 5.69 Å². The van der Waals surface area contributed by atoms with E-state index in [-0.39, 0.29) is 11.7 Å². The molecule has 6 heteroatoms. The monoisotopic (exact) mass is 414 g/mol. The molecule has 0 aliphatic carbocycles. The number of carbonyl (C=O) groups excluding carboxylic acids is 1.